The minimum atomic E-state index is 0.159. The Morgan fingerprint density at radius 3 is 2.27 bits per heavy atom. The molecule has 0 amide bonds. The predicted molar refractivity (Wildman–Crippen MR) is 89.3 cm³/mol. The second-order valence-electron chi connectivity index (χ2n) is 5.80. The molecule has 1 heteroatoms. The van der Waals surface area contributed by atoms with E-state index in [1.165, 1.54) is 0 Å². The van der Waals surface area contributed by atoms with E-state index >= 15 is 0 Å². The van der Waals surface area contributed by atoms with Crippen molar-refractivity contribution in [3.8, 4) is 11.1 Å². The van der Waals surface area contributed by atoms with Gasteiger partial charge in [-0.2, -0.15) is 0 Å². The molecule has 0 radical (unpaired) electrons. The van der Waals surface area contributed by atoms with Crippen molar-refractivity contribution in [1.29, 1.82) is 0 Å². The maximum Gasteiger partial charge on any atom is 0.193 e. The lowest BCUT2D eigenvalue weighted by Gasteiger charge is -2.22. The number of carbonyl (C=O) groups is 1. The van der Waals surface area contributed by atoms with Gasteiger partial charge in [0, 0.05) is 11.1 Å². The normalized spacial score (nSPS) is 12.7. The first kappa shape index (κ1) is 13.0. The minimum Gasteiger partial charge on any atom is -0.289 e. The molecule has 0 aromatic heterocycles. The maximum atomic E-state index is 12.9. The molecule has 0 N–H and O–H groups in total. The van der Waals surface area contributed by atoms with Gasteiger partial charge in [0.25, 0.3) is 0 Å². The van der Waals surface area contributed by atoms with Crippen LogP contribution in [0, 0.1) is 6.92 Å². The van der Waals surface area contributed by atoms with E-state index in [9.17, 15) is 4.79 Å². The smallest absolute Gasteiger partial charge is 0.193 e. The zero-order valence-electron chi connectivity index (χ0n) is 12.5. The number of rotatable bonds is 1. The van der Waals surface area contributed by atoms with Crippen LogP contribution in [-0.2, 0) is 6.42 Å². The Labute approximate surface area is 130 Å². The molecule has 0 spiro atoms. The highest BCUT2D eigenvalue weighted by atomic mass is 16.1. The van der Waals surface area contributed by atoms with Crippen LogP contribution in [0.3, 0.4) is 0 Å². The summed E-state index contributed by atoms with van der Waals surface area (Å²) in [5.41, 5.74) is 7.40. The molecule has 0 atom stereocenters. The number of hydrogen-bond acceptors (Lipinski definition) is 1. The second-order valence-corrected chi connectivity index (χ2v) is 5.80. The Hall–Kier alpha value is -2.67. The molecule has 0 bridgehead atoms. The van der Waals surface area contributed by atoms with Crippen molar-refractivity contribution in [3.05, 3.63) is 94.5 Å². The van der Waals surface area contributed by atoms with Gasteiger partial charge in [-0.3, -0.25) is 4.79 Å². The minimum absolute atomic E-state index is 0.159. The van der Waals surface area contributed by atoms with Crippen LogP contribution < -0.4 is 0 Å². The molecule has 106 valence electrons. The van der Waals surface area contributed by atoms with Gasteiger partial charge in [0.15, 0.2) is 5.78 Å². The molecule has 3 aromatic rings. The summed E-state index contributed by atoms with van der Waals surface area (Å²) >= 11 is 0. The van der Waals surface area contributed by atoms with Crippen molar-refractivity contribution >= 4 is 5.78 Å². The molecule has 4 rings (SSSR count). The largest absolute Gasteiger partial charge is 0.289 e. The van der Waals surface area contributed by atoms with E-state index in [-0.39, 0.29) is 5.78 Å². The van der Waals surface area contributed by atoms with Crippen LogP contribution in [0.15, 0.2) is 66.7 Å². The van der Waals surface area contributed by atoms with Crippen LogP contribution in [0.4, 0.5) is 0 Å². The highest BCUT2D eigenvalue weighted by Gasteiger charge is 2.25. The zero-order chi connectivity index (χ0) is 15.1. The summed E-state index contributed by atoms with van der Waals surface area (Å²) in [6.07, 6.45) is 0.840. The van der Waals surface area contributed by atoms with Gasteiger partial charge in [-0.15, -0.1) is 0 Å². The van der Waals surface area contributed by atoms with Crippen LogP contribution in [0.25, 0.3) is 11.1 Å². The van der Waals surface area contributed by atoms with Crippen LogP contribution in [0.5, 0.6) is 0 Å². The summed E-state index contributed by atoms with van der Waals surface area (Å²) in [6, 6.07) is 22.5. The molecule has 3 aromatic carbocycles. The molecule has 22 heavy (non-hydrogen) atoms. The van der Waals surface area contributed by atoms with E-state index in [1.54, 1.807) is 0 Å². The lowest BCUT2D eigenvalue weighted by atomic mass is 9.81. The summed E-state index contributed by atoms with van der Waals surface area (Å²) in [4.78, 5) is 12.9. The van der Waals surface area contributed by atoms with Crippen molar-refractivity contribution < 1.29 is 4.79 Å². The van der Waals surface area contributed by atoms with E-state index in [0.29, 0.717) is 0 Å². The second kappa shape index (κ2) is 4.96. The van der Waals surface area contributed by atoms with E-state index in [2.05, 4.69) is 37.3 Å². The Kier molecular flexibility index (Phi) is 2.93. The van der Waals surface area contributed by atoms with Crippen molar-refractivity contribution in [2.75, 3.05) is 0 Å². The molecular formula is C21H16O. The van der Waals surface area contributed by atoms with Gasteiger partial charge in [-0.25, -0.2) is 0 Å². The van der Waals surface area contributed by atoms with E-state index < -0.39 is 0 Å². The number of carbonyl (C=O) groups excluding carboxylic acids is 1. The molecule has 0 aliphatic heterocycles. The summed E-state index contributed by atoms with van der Waals surface area (Å²) in [6.45, 7) is 2.06. The number of benzene rings is 3. The number of hydrogen-bond donors (Lipinski definition) is 0. The van der Waals surface area contributed by atoms with Crippen molar-refractivity contribution in [3.63, 3.8) is 0 Å². The summed E-state index contributed by atoms with van der Waals surface area (Å²) in [7, 11) is 0. The van der Waals surface area contributed by atoms with Crippen molar-refractivity contribution in [2.45, 2.75) is 13.3 Å². The third kappa shape index (κ3) is 1.90. The first-order valence-electron chi connectivity index (χ1n) is 7.56. The molecule has 1 nitrogen and oxygen atoms in total. The van der Waals surface area contributed by atoms with E-state index in [4.69, 9.17) is 0 Å². The lowest BCUT2D eigenvalue weighted by Crippen LogP contribution is -2.16. The fourth-order valence-electron chi connectivity index (χ4n) is 3.40. The highest BCUT2D eigenvalue weighted by Crippen LogP contribution is 2.34. The van der Waals surface area contributed by atoms with Gasteiger partial charge in [0.2, 0.25) is 0 Å². The molecule has 0 saturated carbocycles. The third-order valence-electron chi connectivity index (χ3n) is 4.51. The monoisotopic (exact) mass is 284 g/mol. The van der Waals surface area contributed by atoms with Crippen LogP contribution in [0.2, 0.25) is 0 Å². The summed E-state index contributed by atoms with van der Waals surface area (Å²) < 4.78 is 0. The van der Waals surface area contributed by atoms with Gasteiger partial charge < -0.3 is 0 Å². The first-order valence-corrected chi connectivity index (χ1v) is 7.56. The van der Waals surface area contributed by atoms with Crippen LogP contribution in [0.1, 0.15) is 32.6 Å². The average Bonchev–Trinajstić information content (AvgIpc) is 2.56. The van der Waals surface area contributed by atoms with Crippen LogP contribution >= 0.6 is 0 Å². The van der Waals surface area contributed by atoms with Crippen molar-refractivity contribution in [1.82, 2.24) is 0 Å². The molecule has 0 saturated heterocycles. The SMILES string of the molecule is Cc1c(-c2ccccc2)ccc2c1C(=O)c1ccccc1C2. The lowest BCUT2D eigenvalue weighted by molar-refractivity contribution is 0.103. The molecular weight excluding hydrogens is 268 g/mol. The summed E-state index contributed by atoms with van der Waals surface area (Å²) in [5.74, 6) is 0.159. The quantitative estimate of drug-likeness (QED) is 0.491. The topological polar surface area (TPSA) is 17.1 Å². The molecule has 0 fully saturated rings. The van der Waals surface area contributed by atoms with Gasteiger partial charge in [0.05, 0.1) is 0 Å². The standard InChI is InChI=1S/C21H16O/c1-14-18(15-7-3-2-4-8-15)12-11-17-13-16-9-5-6-10-19(16)21(22)20(14)17/h2-12H,13H2,1H3. The molecule has 0 heterocycles. The van der Waals surface area contributed by atoms with Gasteiger partial charge in [-0.1, -0.05) is 66.7 Å². The third-order valence-corrected chi connectivity index (χ3v) is 4.51. The van der Waals surface area contributed by atoms with Crippen molar-refractivity contribution in [2.24, 2.45) is 0 Å². The number of ketones is 1. The summed E-state index contributed by atoms with van der Waals surface area (Å²) in [5, 5.41) is 0. The fraction of sp³-hybridized carbons (Fsp3) is 0.0952. The zero-order valence-corrected chi connectivity index (χ0v) is 12.5. The Morgan fingerprint density at radius 1 is 0.727 bits per heavy atom. The molecule has 1 aliphatic carbocycles. The van der Waals surface area contributed by atoms with E-state index in [0.717, 1.165) is 45.4 Å². The van der Waals surface area contributed by atoms with Crippen LogP contribution in [-0.4, -0.2) is 5.78 Å². The highest BCUT2D eigenvalue weighted by molar-refractivity contribution is 6.14. The molecule has 0 unspecified atom stereocenters. The fourth-order valence-corrected chi connectivity index (χ4v) is 3.40. The van der Waals surface area contributed by atoms with Gasteiger partial charge >= 0.3 is 0 Å². The Morgan fingerprint density at radius 2 is 1.45 bits per heavy atom. The predicted octanol–water partition coefficient (Wildman–Crippen LogP) is 4.80. The first-order chi connectivity index (χ1) is 10.8. The maximum absolute atomic E-state index is 12.9. The number of fused-ring (bicyclic) bond motifs is 2. The average molecular weight is 284 g/mol. The van der Waals surface area contributed by atoms with Gasteiger partial charge in [0.1, 0.15) is 0 Å². The Balaban J connectivity index is 1.92. The molecule has 1 aliphatic rings. The Bertz CT molecular complexity index is 876. The van der Waals surface area contributed by atoms with Gasteiger partial charge in [-0.05, 0) is 41.2 Å². The van der Waals surface area contributed by atoms with E-state index in [1.807, 2.05) is 36.4 Å².